The van der Waals surface area contributed by atoms with Gasteiger partial charge in [-0.2, -0.15) is 13.2 Å². The van der Waals surface area contributed by atoms with E-state index >= 15 is 0 Å². The van der Waals surface area contributed by atoms with Crippen LogP contribution < -0.4 is 10.6 Å². The fourth-order valence-electron chi connectivity index (χ4n) is 1.91. The van der Waals surface area contributed by atoms with Crippen LogP contribution in [0.25, 0.3) is 0 Å². The number of aliphatic hydroxyl groups excluding tert-OH is 1. The first kappa shape index (κ1) is 19.2. The predicted molar refractivity (Wildman–Crippen MR) is 79.0 cm³/mol. The molecule has 0 atom stereocenters. The van der Waals surface area contributed by atoms with Crippen LogP contribution in [0.4, 0.5) is 23.2 Å². The van der Waals surface area contributed by atoms with Crippen LogP contribution in [0.2, 0.25) is 0 Å². The Kier molecular flexibility index (Phi) is 7.28. The Labute approximate surface area is 131 Å². The first-order valence-electron chi connectivity index (χ1n) is 7.24. The molecule has 0 saturated heterocycles. The van der Waals surface area contributed by atoms with Crippen molar-refractivity contribution in [1.29, 1.82) is 0 Å². The second-order valence-corrected chi connectivity index (χ2v) is 5.14. The highest BCUT2D eigenvalue weighted by atomic mass is 19.4. The zero-order valence-electron chi connectivity index (χ0n) is 12.8. The van der Waals surface area contributed by atoms with Crippen molar-refractivity contribution in [2.75, 3.05) is 25.0 Å². The second kappa shape index (κ2) is 8.71. The number of rotatable bonds is 8. The van der Waals surface area contributed by atoms with Crippen molar-refractivity contribution >= 4 is 11.6 Å². The van der Waals surface area contributed by atoms with Gasteiger partial charge in [0, 0.05) is 30.0 Å². The van der Waals surface area contributed by atoms with Gasteiger partial charge < -0.3 is 15.7 Å². The number of anilines is 1. The summed E-state index contributed by atoms with van der Waals surface area (Å²) >= 11 is 0. The van der Waals surface area contributed by atoms with Crippen LogP contribution in [-0.2, 0) is 0 Å². The summed E-state index contributed by atoms with van der Waals surface area (Å²) in [5.74, 6) is -1.65. The second-order valence-electron chi connectivity index (χ2n) is 5.14. The Bertz CT molecular complexity index is 533. The fourth-order valence-corrected chi connectivity index (χ4v) is 1.91. The molecule has 1 amide bonds. The van der Waals surface area contributed by atoms with E-state index in [1.54, 1.807) is 5.32 Å². The molecule has 0 unspecified atom stereocenters. The van der Waals surface area contributed by atoms with Crippen LogP contribution >= 0.6 is 0 Å². The Morgan fingerprint density at radius 2 is 1.91 bits per heavy atom. The molecule has 23 heavy (non-hydrogen) atoms. The summed E-state index contributed by atoms with van der Waals surface area (Å²) in [6.45, 7) is 0.657. The smallest absolute Gasteiger partial charge is 0.396 e. The molecule has 4 nitrogen and oxygen atoms in total. The summed E-state index contributed by atoms with van der Waals surface area (Å²) in [7, 11) is 0. The van der Waals surface area contributed by atoms with Gasteiger partial charge in [-0.1, -0.05) is 0 Å². The molecular weight excluding hydrogens is 316 g/mol. The molecule has 0 saturated carbocycles. The first-order chi connectivity index (χ1) is 10.7. The molecule has 130 valence electrons. The number of halogens is 4. The van der Waals surface area contributed by atoms with Gasteiger partial charge in [-0.25, -0.2) is 4.39 Å². The minimum atomic E-state index is -4.52. The van der Waals surface area contributed by atoms with Crippen molar-refractivity contribution in [3.05, 3.63) is 29.1 Å². The Balaban J connectivity index is 2.72. The molecule has 1 aromatic carbocycles. The zero-order valence-corrected chi connectivity index (χ0v) is 12.8. The summed E-state index contributed by atoms with van der Waals surface area (Å²) in [4.78, 5) is 11.7. The number of carbonyl (C=O) groups excluding carboxylic acids is 1. The Hall–Kier alpha value is -1.83. The Morgan fingerprint density at radius 3 is 2.52 bits per heavy atom. The molecular formula is C15H20F4N2O2. The van der Waals surface area contributed by atoms with E-state index in [4.69, 9.17) is 5.11 Å². The van der Waals surface area contributed by atoms with Crippen molar-refractivity contribution in [2.45, 2.75) is 32.4 Å². The van der Waals surface area contributed by atoms with E-state index in [0.717, 1.165) is 18.9 Å². The lowest BCUT2D eigenvalue weighted by atomic mass is 10.1. The molecule has 0 spiro atoms. The topological polar surface area (TPSA) is 61.4 Å². The lowest BCUT2D eigenvalue weighted by molar-refractivity contribution is -0.123. The van der Waals surface area contributed by atoms with E-state index < -0.39 is 24.4 Å². The number of amides is 1. The SMILES string of the molecule is Cc1c(F)cc(C(=O)NCC(F)(F)F)cc1NCCCCCO. The quantitative estimate of drug-likeness (QED) is 0.505. The molecule has 0 radical (unpaired) electrons. The molecule has 8 heteroatoms. The van der Waals surface area contributed by atoms with E-state index in [9.17, 15) is 22.4 Å². The van der Waals surface area contributed by atoms with Gasteiger partial charge in [0.15, 0.2) is 0 Å². The van der Waals surface area contributed by atoms with Crippen molar-refractivity contribution < 1.29 is 27.5 Å². The first-order valence-corrected chi connectivity index (χ1v) is 7.24. The number of hydrogen-bond donors (Lipinski definition) is 3. The molecule has 0 bridgehead atoms. The maximum absolute atomic E-state index is 13.8. The monoisotopic (exact) mass is 336 g/mol. The van der Waals surface area contributed by atoms with Crippen molar-refractivity contribution in [2.24, 2.45) is 0 Å². The van der Waals surface area contributed by atoms with Gasteiger partial charge in [0.05, 0.1) is 0 Å². The van der Waals surface area contributed by atoms with Gasteiger partial charge in [0.25, 0.3) is 5.91 Å². The van der Waals surface area contributed by atoms with E-state index in [2.05, 4.69) is 5.32 Å². The highest BCUT2D eigenvalue weighted by molar-refractivity contribution is 5.95. The van der Waals surface area contributed by atoms with E-state index in [1.807, 2.05) is 0 Å². The number of unbranched alkanes of at least 4 members (excludes halogenated alkanes) is 2. The fraction of sp³-hybridized carbons (Fsp3) is 0.533. The maximum Gasteiger partial charge on any atom is 0.405 e. The normalized spacial score (nSPS) is 11.4. The number of carbonyl (C=O) groups is 1. The van der Waals surface area contributed by atoms with Crippen LogP contribution in [0.5, 0.6) is 0 Å². The van der Waals surface area contributed by atoms with Gasteiger partial charge >= 0.3 is 6.18 Å². The summed E-state index contributed by atoms with van der Waals surface area (Å²) in [6, 6.07) is 2.24. The third-order valence-corrected chi connectivity index (χ3v) is 3.21. The molecule has 1 rings (SSSR count). The molecule has 0 aliphatic heterocycles. The molecule has 0 fully saturated rings. The third-order valence-electron chi connectivity index (χ3n) is 3.21. The van der Waals surface area contributed by atoms with Gasteiger partial charge in [-0.05, 0) is 38.3 Å². The lowest BCUT2D eigenvalue weighted by Gasteiger charge is -2.13. The molecule has 0 heterocycles. The van der Waals surface area contributed by atoms with Crippen LogP contribution in [0.3, 0.4) is 0 Å². The van der Waals surface area contributed by atoms with Crippen LogP contribution in [0.15, 0.2) is 12.1 Å². The molecule has 0 aliphatic carbocycles. The molecule has 0 aliphatic rings. The maximum atomic E-state index is 13.8. The highest BCUT2D eigenvalue weighted by Crippen LogP contribution is 2.21. The molecule has 0 aromatic heterocycles. The average Bonchev–Trinajstić information content (AvgIpc) is 2.47. The van der Waals surface area contributed by atoms with Gasteiger partial charge in [0.1, 0.15) is 12.4 Å². The molecule has 1 aromatic rings. The van der Waals surface area contributed by atoms with Crippen LogP contribution in [-0.4, -0.2) is 36.9 Å². The van der Waals surface area contributed by atoms with Gasteiger partial charge in [-0.15, -0.1) is 0 Å². The standard InChI is InChI=1S/C15H20F4N2O2/c1-10-12(16)7-11(14(23)21-9-15(17,18)19)8-13(10)20-5-3-2-4-6-22/h7-8,20,22H,2-6,9H2,1H3,(H,21,23). The number of aliphatic hydroxyl groups is 1. The summed E-state index contributed by atoms with van der Waals surface area (Å²) in [6.07, 6.45) is -2.33. The largest absolute Gasteiger partial charge is 0.405 e. The number of benzene rings is 1. The van der Waals surface area contributed by atoms with E-state index in [-0.39, 0.29) is 12.2 Å². The average molecular weight is 336 g/mol. The minimum absolute atomic E-state index is 0.0997. The van der Waals surface area contributed by atoms with Crippen molar-refractivity contribution in [1.82, 2.24) is 5.32 Å². The predicted octanol–water partition coefficient (Wildman–Crippen LogP) is 3.00. The Morgan fingerprint density at radius 1 is 1.22 bits per heavy atom. The minimum Gasteiger partial charge on any atom is -0.396 e. The van der Waals surface area contributed by atoms with Gasteiger partial charge in [0.2, 0.25) is 0 Å². The summed E-state index contributed by atoms with van der Waals surface area (Å²) in [5, 5.41) is 13.3. The highest BCUT2D eigenvalue weighted by Gasteiger charge is 2.28. The number of alkyl halides is 3. The third kappa shape index (κ3) is 6.85. The van der Waals surface area contributed by atoms with Crippen molar-refractivity contribution in [3.8, 4) is 0 Å². The van der Waals surface area contributed by atoms with Gasteiger partial charge in [-0.3, -0.25) is 4.79 Å². The van der Waals surface area contributed by atoms with E-state index in [1.165, 1.54) is 13.0 Å². The summed E-state index contributed by atoms with van der Waals surface area (Å²) in [5.41, 5.74) is 0.487. The zero-order chi connectivity index (χ0) is 17.5. The number of nitrogens with one attached hydrogen (secondary N) is 2. The van der Waals surface area contributed by atoms with Crippen LogP contribution in [0, 0.1) is 12.7 Å². The summed E-state index contributed by atoms with van der Waals surface area (Å²) < 4.78 is 50.1. The molecule has 3 N–H and O–H groups in total. The number of hydrogen-bond acceptors (Lipinski definition) is 3. The van der Waals surface area contributed by atoms with Crippen LogP contribution in [0.1, 0.15) is 35.2 Å². The lowest BCUT2D eigenvalue weighted by Crippen LogP contribution is -2.33. The van der Waals surface area contributed by atoms with Crippen molar-refractivity contribution in [3.63, 3.8) is 0 Å². The van der Waals surface area contributed by atoms with E-state index in [0.29, 0.717) is 24.2 Å².